The number of carbonyl (C=O) groups is 2. The molecule has 0 atom stereocenters. The number of rotatable bonds is 4. The molecule has 0 saturated heterocycles. The number of nitrogens with zero attached hydrogens (tertiary/aromatic N) is 1. The molecule has 0 aromatic heterocycles. The van der Waals surface area contributed by atoms with Crippen LogP contribution in [0, 0.1) is 0 Å². The van der Waals surface area contributed by atoms with Crippen molar-refractivity contribution in [3.63, 3.8) is 0 Å². The minimum atomic E-state index is -0.0196. The van der Waals surface area contributed by atoms with Crippen LogP contribution in [0.3, 0.4) is 0 Å². The summed E-state index contributed by atoms with van der Waals surface area (Å²) in [6, 6.07) is 5.29. The first-order valence-corrected chi connectivity index (χ1v) is 5.32. The predicted octanol–water partition coefficient (Wildman–Crippen LogP) is 2.55. The highest BCUT2D eigenvalue weighted by Crippen LogP contribution is 2.19. The van der Waals surface area contributed by atoms with E-state index in [2.05, 4.69) is 0 Å². The monoisotopic (exact) mass is 219 g/mol. The van der Waals surface area contributed by atoms with Crippen molar-refractivity contribution < 1.29 is 9.59 Å². The third-order valence-corrected chi connectivity index (χ3v) is 2.48. The molecule has 0 aliphatic carbocycles. The normalized spacial score (nSPS) is 10.0. The maximum atomic E-state index is 11.6. The fourth-order valence-electron chi connectivity index (χ4n) is 1.44. The van der Waals surface area contributed by atoms with E-state index in [9.17, 15) is 9.59 Å². The summed E-state index contributed by atoms with van der Waals surface area (Å²) in [5, 5.41) is 0. The summed E-state index contributed by atoms with van der Waals surface area (Å²) in [5.41, 5.74) is 2.08. The van der Waals surface area contributed by atoms with Crippen LogP contribution in [-0.4, -0.2) is 25.7 Å². The first kappa shape index (κ1) is 12.4. The van der Waals surface area contributed by atoms with Crippen molar-refractivity contribution in [2.75, 3.05) is 19.0 Å². The molecule has 0 aliphatic heterocycles. The van der Waals surface area contributed by atoms with Gasteiger partial charge in [0.2, 0.25) is 0 Å². The summed E-state index contributed by atoms with van der Waals surface area (Å²) >= 11 is 0. The average molecular weight is 219 g/mol. The van der Waals surface area contributed by atoms with Crippen LogP contribution >= 0.6 is 0 Å². The van der Waals surface area contributed by atoms with E-state index < -0.39 is 0 Å². The van der Waals surface area contributed by atoms with Gasteiger partial charge in [-0.2, -0.15) is 0 Å². The van der Waals surface area contributed by atoms with Crippen LogP contribution in [-0.2, 0) is 0 Å². The Hall–Kier alpha value is -1.64. The molecule has 3 nitrogen and oxygen atoms in total. The lowest BCUT2D eigenvalue weighted by Crippen LogP contribution is -2.11. The van der Waals surface area contributed by atoms with Crippen molar-refractivity contribution in [2.45, 2.75) is 20.3 Å². The van der Waals surface area contributed by atoms with Crippen LogP contribution in [0.1, 0.15) is 41.0 Å². The molecule has 1 aromatic rings. The second kappa shape index (κ2) is 4.92. The van der Waals surface area contributed by atoms with Gasteiger partial charge in [0, 0.05) is 37.3 Å². The lowest BCUT2D eigenvalue weighted by atomic mass is 10.0. The maximum absolute atomic E-state index is 11.6. The zero-order chi connectivity index (χ0) is 12.3. The quantitative estimate of drug-likeness (QED) is 0.730. The van der Waals surface area contributed by atoms with Gasteiger partial charge in [0.25, 0.3) is 0 Å². The van der Waals surface area contributed by atoms with Crippen LogP contribution in [0.4, 0.5) is 5.69 Å². The van der Waals surface area contributed by atoms with Gasteiger partial charge in [-0.25, -0.2) is 0 Å². The highest BCUT2D eigenvalue weighted by Gasteiger charge is 2.10. The number of hydrogen-bond acceptors (Lipinski definition) is 3. The highest BCUT2D eigenvalue weighted by atomic mass is 16.1. The first-order chi connectivity index (χ1) is 7.45. The second-order valence-electron chi connectivity index (χ2n) is 4.00. The summed E-state index contributed by atoms with van der Waals surface area (Å²) < 4.78 is 0. The molecule has 0 bridgehead atoms. The molecule has 0 amide bonds. The van der Waals surface area contributed by atoms with Crippen molar-refractivity contribution in [3.05, 3.63) is 29.3 Å². The smallest absolute Gasteiger partial charge is 0.162 e. The SMILES string of the molecule is CCC(=O)c1cc(C(C)=O)cc(N(C)C)c1. The number of hydrogen-bond donors (Lipinski definition) is 0. The third kappa shape index (κ3) is 2.69. The predicted molar refractivity (Wildman–Crippen MR) is 65.4 cm³/mol. The summed E-state index contributed by atoms with van der Waals surface area (Å²) in [4.78, 5) is 24.9. The van der Waals surface area contributed by atoms with Gasteiger partial charge in [-0.05, 0) is 25.1 Å². The Kier molecular flexibility index (Phi) is 3.82. The topological polar surface area (TPSA) is 37.4 Å². The van der Waals surface area contributed by atoms with Crippen molar-refractivity contribution in [2.24, 2.45) is 0 Å². The van der Waals surface area contributed by atoms with Crippen molar-refractivity contribution in [1.29, 1.82) is 0 Å². The Morgan fingerprint density at radius 2 is 1.69 bits per heavy atom. The molecule has 0 aliphatic rings. The van der Waals surface area contributed by atoms with Gasteiger partial charge in [0.15, 0.2) is 11.6 Å². The Balaban J connectivity index is 3.29. The largest absolute Gasteiger partial charge is 0.378 e. The third-order valence-electron chi connectivity index (χ3n) is 2.48. The number of benzene rings is 1. The van der Waals surface area contributed by atoms with E-state index in [4.69, 9.17) is 0 Å². The number of ketones is 2. The minimum absolute atomic E-state index is 0.0196. The first-order valence-electron chi connectivity index (χ1n) is 5.32. The van der Waals surface area contributed by atoms with Crippen LogP contribution in [0.5, 0.6) is 0 Å². The van der Waals surface area contributed by atoms with Crippen molar-refractivity contribution >= 4 is 17.3 Å². The van der Waals surface area contributed by atoms with Gasteiger partial charge in [-0.1, -0.05) is 6.92 Å². The molecular formula is C13H17NO2. The van der Waals surface area contributed by atoms with Gasteiger partial charge in [0.1, 0.15) is 0 Å². The Bertz CT molecular complexity index is 422. The summed E-state index contributed by atoms with van der Waals surface area (Å²) in [6.45, 7) is 3.33. The van der Waals surface area contributed by atoms with Crippen molar-refractivity contribution in [1.82, 2.24) is 0 Å². The molecule has 0 N–H and O–H groups in total. The average Bonchev–Trinajstić information content (AvgIpc) is 2.27. The van der Waals surface area contributed by atoms with Gasteiger partial charge in [-0.15, -0.1) is 0 Å². The zero-order valence-corrected chi connectivity index (χ0v) is 10.2. The zero-order valence-electron chi connectivity index (χ0n) is 10.2. The Labute approximate surface area is 96.1 Å². The van der Waals surface area contributed by atoms with Crippen LogP contribution in [0.15, 0.2) is 18.2 Å². The summed E-state index contributed by atoms with van der Waals surface area (Å²) in [6.07, 6.45) is 0.453. The maximum Gasteiger partial charge on any atom is 0.162 e. The van der Waals surface area contributed by atoms with E-state index in [1.165, 1.54) is 6.92 Å². The Morgan fingerprint density at radius 3 is 2.12 bits per heavy atom. The minimum Gasteiger partial charge on any atom is -0.378 e. The van der Waals surface area contributed by atoms with Crippen LogP contribution in [0.2, 0.25) is 0 Å². The van der Waals surface area contributed by atoms with E-state index in [0.29, 0.717) is 17.5 Å². The standard InChI is InChI=1S/C13H17NO2/c1-5-13(16)11-6-10(9(2)15)7-12(8-11)14(3)4/h6-8H,5H2,1-4H3. The summed E-state index contributed by atoms with van der Waals surface area (Å²) in [5.74, 6) is 0.0417. The second-order valence-corrected chi connectivity index (χ2v) is 4.00. The Morgan fingerprint density at radius 1 is 1.12 bits per heavy atom. The summed E-state index contributed by atoms with van der Waals surface area (Å²) in [7, 11) is 3.78. The van der Waals surface area contributed by atoms with E-state index in [1.807, 2.05) is 32.0 Å². The number of anilines is 1. The lowest BCUT2D eigenvalue weighted by Gasteiger charge is -2.14. The molecule has 0 fully saturated rings. The number of Topliss-reactive ketones (excluding diaryl/α,β-unsaturated/α-hetero) is 2. The van der Waals surface area contributed by atoms with Gasteiger partial charge in [0.05, 0.1) is 0 Å². The molecule has 0 radical (unpaired) electrons. The van der Waals surface area contributed by atoms with E-state index in [0.717, 1.165) is 5.69 Å². The van der Waals surface area contributed by atoms with E-state index in [1.54, 1.807) is 12.1 Å². The molecule has 1 rings (SSSR count). The molecular weight excluding hydrogens is 202 g/mol. The molecule has 86 valence electrons. The van der Waals surface area contributed by atoms with Gasteiger partial charge >= 0.3 is 0 Å². The van der Waals surface area contributed by atoms with Crippen molar-refractivity contribution in [3.8, 4) is 0 Å². The molecule has 1 aromatic carbocycles. The number of carbonyl (C=O) groups excluding carboxylic acids is 2. The van der Waals surface area contributed by atoms with E-state index >= 15 is 0 Å². The van der Waals surface area contributed by atoms with E-state index in [-0.39, 0.29) is 11.6 Å². The molecule has 16 heavy (non-hydrogen) atoms. The molecule has 0 spiro atoms. The fourth-order valence-corrected chi connectivity index (χ4v) is 1.44. The molecule has 0 unspecified atom stereocenters. The lowest BCUT2D eigenvalue weighted by molar-refractivity contribution is 0.0988. The molecule has 0 heterocycles. The highest BCUT2D eigenvalue weighted by molar-refractivity contribution is 6.01. The fraction of sp³-hybridized carbons (Fsp3) is 0.385. The molecule has 0 saturated carbocycles. The van der Waals surface area contributed by atoms with Gasteiger partial charge in [-0.3, -0.25) is 9.59 Å². The van der Waals surface area contributed by atoms with Gasteiger partial charge < -0.3 is 4.90 Å². The van der Waals surface area contributed by atoms with Crippen LogP contribution < -0.4 is 4.90 Å². The molecule has 3 heteroatoms. The van der Waals surface area contributed by atoms with Crippen LogP contribution in [0.25, 0.3) is 0 Å².